The van der Waals surface area contributed by atoms with Crippen LogP contribution in [0.1, 0.15) is 16.9 Å². The Morgan fingerprint density at radius 3 is 2.25 bits per heavy atom. The Morgan fingerprint density at radius 2 is 1.53 bits per heavy atom. The van der Waals surface area contributed by atoms with Crippen LogP contribution in [0.25, 0.3) is 23.3 Å². The fraction of sp³-hybridized carbons (Fsp3) is 0.0333. The van der Waals surface area contributed by atoms with Crippen LogP contribution in [0.15, 0.2) is 129 Å². The molecule has 1 fully saturated rings. The minimum Gasteiger partial charge on any atom is -0.467 e. The summed E-state index contributed by atoms with van der Waals surface area (Å²) in [5, 5.41) is 9.01. The minimum atomic E-state index is -0.127. The molecule has 176 valence electrons. The maximum absolute atomic E-state index is 13.3. The SMILES string of the molecule is O=C1/C(=C/c2ccc(-c3ccccc3)cc2)S/C(=N/N=C\C=C\c2ccccc2)N1Cc1ccco1. The molecule has 36 heavy (non-hydrogen) atoms. The summed E-state index contributed by atoms with van der Waals surface area (Å²) in [6.45, 7) is 0.289. The van der Waals surface area contributed by atoms with E-state index in [0.717, 1.165) is 22.3 Å². The van der Waals surface area contributed by atoms with E-state index in [1.807, 2.05) is 85.0 Å². The Hall–Kier alpha value is -4.42. The van der Waals surface area contributed by atoms with Gasteiger partial charge in [0, 0.05) is 6.21 Å². The maximum Gasteiger partial charge on any atom is 0.267 e. The van der Waals surface area contributed by atoms with Crippen molar-refractivity contribution in [2.75, 3.05) is 0 Å². The Balaban J connectivity index is 1.35. The molecule has 0 unspecified atom stereocenters. The van der Waals surface area contributed by atoms with Crippen molar-refractivity contribution in [2.45, 2.75) is 6.54 Å². The van der Waals surface area contributed by atoms with Crippen molar-refractivity contribution in [1.82, 2.24) is 4.90 Å². The molecule has 0 aliphatic carbocycles. The highest BCUT2D eigenvalue weighted by Gasteiger charge is 2.34. The Morgan fingerprint density at radius 1 is 0.806 bits per heavy atom. The van der Waals surface area contributed by atoms with E-state index in [-0.39, 0.29) is 12.5 Å². The number of benzene rings is 3. The summed E-state index contributed by atoms with van der Waals surface area (Å²) in [5.41, 5.74) is 4.30. The number of carbonyl (C=O) groups is 1. The lowest BCUT2D eigenvalue weighted by Gasteiger charge is -2.12. The Bertz CT molecular complexity index is 1420. The van der Waals surface area contributed by atoms with E-state index in [9.17, 15) is 4.79 Å². The molecule has 1 aromatic heterocycles. The van der Waals surface area contributed by atoms with Gasteiger partial charge >= 0.3 is 0 Å². The van der Waals surface area contributed by atoms with Gasteiger partial charge in [-0.3, -0.25) is 9.69 Å². The predicted octanol–water partition coefficient (Wildman–Crippen LogP) is 7.12. The smallest absolute Gasteiger partial charge is 0.267 e. The number of furan rings is 1. The first-order valence-corrected chi connectivity index (χ1v) is 12.3. The van der Waals surface area contributed by atoms with Crippen LogP contribution in [-0.2, 0) is 11.3 Å². The highest BCUT2D eigenvalue weighted by Crippen LogP contribution is 2.34. The first-order chi connectivity index (χ1) is 17.8. The van der Waals surface area contributed by atoms with Crippen molar-refractivity contribution in [3.8, 4) is 11.1 Å². The van der Waals surface area contributed by atoms with E-state index >= 15 is 0 Å². The summed E-state index contributed by atoms with van der Waals surface area (Å²) in [6, 6.07) is 31.9. The summed E-state index contributed by atoms with van der Waals surface area (Å²) in [6.07, 6.45) is 8.86. The Kier molecular flexibility index (Phi) is 7.35. The van der Waals surface area contributed by atoms with Gasteiger partial charge in [0.25, 0.3) is 5.91 Å². The lowest BCUT2D eigenvalue weighted by atomic mass is 10.0. The van der Waals surface area contributed by atoms with Gasteiger partial charge in [-0.1, -0.05) is 91.0 Å². The van der Waals surface area contributed by atoms with Crippen LogP contribution in [-0.4, -0.2) is 22.2 Å². The van der Waals surface area contributed by atoms with Gasteiger partial charge in [0.15, 0.2) is 5.17 Å². The zero-order valence-electron chi connectivity index (χ0n) is 19.4. The predicted molar refractivity (Wildman–Crippen MR) is 148 cm³/mol. The second kappa shape index (κ2) is 11.3. The first kappa shape index (κ1) is 23.3. The summed E-state index contributed by atoms with van der Waals surface area (Å²) in [4.78, 5) is 15.4. The van der Waals surface area contributed by atoms with Gasteiger partial charge in [0.05, 0.1) is 17.7 Å². The van der Waals surface area contributed by atoms with Crippen LogP contribution in [0.4, 0.5) is 0 Å². The molecular weight excluding hydrogens is 466 g/mol. The van der Waals surface area contributed by atoms with Gasteiger partial charge in [0.1, 0.15) is 5.76 Å². The number of thioether (sulfide) groups is 1. The van der Waals surface area contributed by atoms with Gasteiger partial charge in [0.2, 0.25) is 0 Å². The highest BCUT2D eigenvalue weighted by atomic mass is 32.2. The number of nitrogens with zero attached hydrogens (tertiary/aromatic N) is 3. The van der Waals surface area contributed by atoms with Crippen LogP contribution in [0.2, 0.25) is 0 Å². The molecule has 2 heterocycles. The van der Waals surface area contributed by atoms with Crippen LogP contribution in [0.3, 0.4) is 0 Å². The van der Waals surface area contributed by atoms with E-state index in [2.05, 4.69) is 34.5 Å². The molecule has 4 aromatic rings. The van der Waals surface area contributed by atoms with Crippen LogP contribution < -0.4 is 0 Å². The molecule has 1 saturated heterocycles. The third kappa shape index (κ3) is 5.79. The molecule has 1 aliphatic rings. The number of rotatable bonds is 7. The second-order valence-electron chi connectivity index (χ2n) is 7.99. The molecule has 1 amide bonds. The van der Waals surface area contributed by atoms with Crippen molar-refractivity contribution < 1.29 is 9.21 Å². The van der Waals surface area contributed by atoms with E-state index in [1.165, 1.54) is 11.8 Å². The average Bonchev–Trinajstić information content (AvgIpc) is 3.54. The third-order valence-corrected chi connectivity index (χ3v) is 6.48. The summed E-state index contributed by atoms with van der Waals surface area (Å²) >= 11 is 1.31. The number of carbonyl (C=O) groups excluding carboxylic acids is 1. The summed E-state index contributed by atoms with van der Waals surface area (Å²) < 4.78 is 5.47. The molecule has 0 saturated carbocycles. The first-order valence-electron chi connectivity index (χ1n) is 11.5. The van der Waals surface area contributed by atoms with Crippen molar-refractivity contribution in [3.05, 3.63) is 131 Å². The molecule has 0 atom stereocenters. The molecule has 0 bridgehead atoms. The minimum absolute atomic E-state index is 0.127. The van der Waals surface area contributed by atoms with Gasteiger partial charge in [-0.05, 0) is 58.3 Å². The fourth-order valence-corrected chi connectivity index (χ4v) is 4.61. The zero-order chi connectivity index (χ0) is 24.6. The number of allylic oxidation sites excluding steroid dienone is 1. The van der Waals surface area contributed by atoms with Gasteiger partial charge in [-0.15, -0.1) is 5.10 Å². The molecule has 0 radical (unpaired) electrons. The average molecular weight is 490 g/mol. The van der Waals surface area contributed by atoms with E-state index in [4.69, 9.17) is 4.42 Å². The normalized spacial score (nSPS) is 16.2. The van der Waals surface area contributed by atoms with E-state index in [1.54, 1.807) is 23.4 Å². The number of amides is 1. The Labute approximate surface area is 214 Å². The lowest BCUT2D eigenvalue weighted by Crippen LogP contribution is -2.28. The molecule has 5 rings (SSSR count). The van der Waals surface area contributed by atoms with Crippen molar-refractivity contribution in [3.63, 3.8) is 0 Å². The van der Waals surface area contributed by atoms with Crippen molar-refractivity contribution in [1.29, 1.82) is 0 Å². The maximum atomic E-state index is 13.3. The number of hydrogen-bond donors (Lipinski definition) is 0. The van der Waals surface area contributed by atoms with Gasteiger partial charge in [-0.25, -0.2) is 0 Å². The monoisotopic (exact) mass is 489 g/mol. The van der Waals surface area contributed by atoms with Crippen molar-refractivity contribution >= 4 is 41.2 Å². The zero-order valence-corrected chi connectivity index (χ0v) is 20.2. The standard InChI is InChI=1S/C30H23N3O2S/c34-29-28(21-24-15-17-26(18-16-24)25-12-5-2-6-13-25)36-30(33(29)22-27-14-8-20-35-27)32-31-19-7-11-23-9-3-1-4-10-23/h1-21H,22H2/b11-7+,28-21-,31-19-,32-30+. The number of amidine groups is 1. The van der Waals surface area contributed by atoms with E-state index in [0.29, 0.717) is 15.8 Å². The van der Waals surface area contributed by atoms with Gasteiger partial charge in [-0.2, -0.15) is 5.10 Å². The van der Waals surface area contributed by atoms with E-state index < -0.39 is 0 Å². The van der Waals surface area contributed by atoms with Crippen LogP contribution >= 0.6 is 11.8 Å². The number of hydrogen-bond acceptors (Lipinski definition) is 5. The van der Waals surface area contributed by atoms with Crippen LogP contribution in [0.5, 0.6) is 0 Å². The highest BCUT2D eigenvalue weighted by molar-refractivity contribution is 8.18. The van der Waals surface area contributed by atoms with Crippen LogP contribution in [0, 0.1) is 0 Å². The largest absolute Gasteiger partial charge is 0.467 e. The molecule has 5 nitrogen and oxygen atoms in total. The molecule has 6 heteroatoms. The topological polar surface area (TPSA) is 58.2 Å². The molecule has 0 spiro atoms. The van der Waals surface area contributed by atoms with Gasteiger partial charge < -0.3 is 4.42 Å². The lowest BCUT2D eigenvalue weighted by molar-refractivity contribution is -0.122. The molecule has 1 aliphatic heterocycles. The molecule has 3 aromatic carbocycles. The van der Waals surface area contributed by atoms with Crippen molar-refractivity contribution in [2.24, 2.45) is 10.2 Å². The molecule has 0 N–H and O–H groups in total. The third-order valence-electron chi connectivity index (χ3n) is 5.48. The fourth-order valence-electron chi connectivity index (χ4n) is 3.67. The quantitative estimate of drug-likeness (QED) is 0.158. The summed E-state index contributed by atoms with van der Waals surface area (Å²) in [7, 11) is 0. The second-order valence-corrected chi connectivity index (χ2v) is 9.00. The summed E-state index contributed by atoms with van der Waals surface area (Å²) in [5.74, 6) is 0.551. The molecular formula is C30H23N3O2S.